The third-order valence-corrected chi connectivity index (χ3v) is 2.66. The second-order valence-electron chi connectivity index (χ2n) is 3.85. The maximum Gasteiger partial charge on any atom is 0.293 e. The molecule has 0 spiro atoms. The quantitative estimate of drug-likeness (QED) is 0.450. The van der Waals surface area contributed by atoms with Gasteiger partial charge in [0.15, 0.2) is 11.5 Å². The lowest BCUT2D eigenvalue weighted by atomic mass is 9.99. The SMILES string of the molecule is CC(COC=O)c1cc2c(cc1[N+](=O)[O-])OCO2. The highest BCUT2D eigenvalue weighted by atomic mass is 16.7. The number of hydrogen-bond acceptors (Lipinski definition) is 6. The molecule has 96 valence electrons. The summed E-state index contributed by atoms with van der Waals surface area (Å²) in [6, 6.07) is 2.88. The van der Waals surface area contributed by atoms with E-state index in [1.54, 1.807) is 13.0 Å². The largest absolute Gasteiger partial charge is 0.467 e. The molecule has 7 nitrogen and oxygen atoms in total. The van der Waals surface area contributed by atoms with Crippen LogP contribution in [0.15, 0.2) is 12.1 Å². The first-order chi connectivity index (χ1) is 8.63. The van der Waals surface area contributed by atoms with Crippen molar-refractivity contribution in [3.63, 3.8) is 0 Å². The standard InChI is InChI=1S/C11H11NO6/c1-7(4-16-5-13)8-2-10-11(18-6-17-10)3-9(8)12(14)15/h2-3,5,7H,4,6H2,1H3. The van der Waals surface area contributed by atoms with Gasteiger partial charge in [-0.3, -0.25) is 14.9 Å². The van der Waals surface area contributed by atoms with E-state index in [4.69, 9.17) is 9.47 Å². The van der Waals surface area contributed by atoms with E-state index in [1.165, 1.54) is 6.07 Å². The van der Waals surface area contributed by atoms with Gasteiger partial charge in [0, 0.05) is 11.5 Å². The van der Waals surface area contributed by atoms with Crippen molar-refractivity contribution in [2.24, 2.45) is 0 Å². The predicted octanol–water partition coefficient (Wildman–Crippen LogP) is 1.60. The third-order valence-electron chi connectivity index (χ3n) is 2.66. The molecular weight excluding hydrogens is 242 g/mol. The van der Waals surface area contributed by atoms with Crippen LogP contribution in [0.2, 0.25) is 0 Å². The zero-order valence-electron chi connectivity index (χ0n) is 9.62. The van der Waals surface area contributed by atoms with E-state index >= 15 is 0 Å². The van der Waals surface area contributed by atoms with E-state index in [0.29, 0.717) is 23.5 Å². The van der Waals surface area contributed by atoms with Crippen molar-refractivity contribution in [1.29, 1.82) is 0 Å². The normalized spacial score (nSPS) is 14.1. The second kappa shape index (κ2) is 4.91. The number of fused-ring (bicyclic) bond motifs is 1. The Morgan fingerprint density at radius 1 is 1.50 bits per heavy atom. The summed E-state index contributed by atoms with van der Waals surface area (Å²) in [5.41, 5.74) is 0.382. The van der Waals surface area contributed by atoms with E-state index in [0.717, 1.165) is 0 Å². The summed E-state index contributed by atoms with van der Waals surface area (Å²) >= 11 is 0. The van der Waals surface area contributed by atoms with Gasteiger partial charge in [-0.25, -0.2) is 0 Å². The van der Waals surface area contributed by atoms with Gasteiger partial charge in [0.25, 0.3) is 12.2 Å². The lowest BCUT2D eigenvalue weighted by Gasteiger charge is -2.11. The summed E-state index contributed by atoms with van der Waals surface area (Å²) < 4.78 is 14.9. The molecule has 0 saturated heterocycles. The van der Waals surface area contributed by atoms with E-state index in [9.17, 15) is 14.9 Å². The maximum absolute atomic E-state index is 11.0. The summed E-state index contributed by atoms with van der Waals surface area (Å²) in [6.07, 6.45) is 0. The van der Waals surface area contributed by atoms with Gasteiger partial charge in [-0.15, -0.1) is 0 Å². The first kappa shape index (κ1) is 12.2. The Labute approximate surface area is 102 Å². The average Bonchev–Trinajstić information content (AvgIpc) is 2.81. The number of nitro groups is 1. The summed E-state index contributed by atoms with van der Waals surface area (Å²) in [4.78, 5) is 20.7. The van der Waals surface area contributed by atoms with Crippen LogP contribution in [0.5, 0.6) is 11.5 Å². The minimum absolute atomic E-state index is 0.0508. The van der Waals surface area contributed by atoms with Crippen molar-refractivity contribution in [1.82, 2.24) is 0 Å². The van der Waals surface area contributed by atoms with E-state index in [2.05, 4.69) is 4.74 Å². The molecule has 7 heteroatoms. The van der Waals surface area contributed by atoms with Crippen LogP contribution in [0, 0.1) is 10.1 Å². The highest BCUT2D eigenvalue weighted by Crippen LogP contribution is 2.40. The smallest absolute Gasteiger partial charge is 0.293 e. The number of benzene rings is 1. The molecule has 1 aromatic carbocycles. The summed E-state index contributed by atoms with van der Waals surface area (Å²) in [5, 5.41) is 11.0. The first-order valence-corrected chi connectivity index (χ1v) is 5.26. The Morgan fingerprint density at radius 3 is 2.78 bits per heavy atom. The molecule has 0 saturated carbocycles. The zero-order valence-corrected chi connectivity index (χ0v) is 9.62. The van der Waals surface area contributed by atoms with Crippen LogP contribution in [-0.4, -0.2) is 24.8 Å². The number of ether oxygens (including phenoxy) is 3. The molecule has 1 aliphatic rings. The fraction of sp³-hybridized carbons (Fsp3) is 0.364. The second-order valence-corrected chi connectivity index (χ2v) is 3.85. The molecule has 0 radical (unpaired) electrons. The van der Waals surface area contributed by atoms with Gasteiger partial charge < -0.3 is 14.2 Å². The van der Waals surface area contributed by atoms with Gasteiger partial charge in [0.2, 0.25) is 6.79 Å². The van der Waals surface area contributed by atoms with E-state index < -0.39 is 4.92 Å². The number of rotatable bonds is 5. The van der Waals surface area contributed by atoms with Crippen molar-refractivity contribution in [3.05, 3.63) is 27.8 Å². The van der Waals surface area contributed by atoms with Crippen LogP contribution in [-0.2, 0) is 9.53 Å². The van der Waals surface area contributed by atoms with Crippen LogP contribution in [0.4, 0.5) is 5.69 Å². The lowest BCUT2D eigenvalue weighted by Crippen LogP contribution is -2.06. The Hall–Kier alpha value is -2.31. The Kier molecular flexibility index (Phi) is 3.31. The summed E-state index contributed by atoms with van der Waals surface area (Å²) in [7, 11) is 0. The molecule has 0 aliphatic carbocycles. The van der Waals surface area contributed by atoms with Gasteiger partial charge in [-0.2, -0.15) is 0 Å². The number of nitrogens with zero attached hydrogens (tertiary/aromatic N) is 1. The number of carbonyl (C=O) groups is 1. The molecule has 1 unspecified atom stereocenters. The Bertz CT molecular complexity index is 487. The minimum atomic E-state index is -0.491. The molecule has 2 rings (SSSR count). The summed E-state index contributed by atoms with van der Waals surface area (Å²) in [6.45, 7) is 2.17. The fourth-order valence-corrected chi connectivity index (χ4v) is 1.77. The third kappa shape index (κ3) is 2.20. The van der Waals surface area contributed by atoms with Gasteiger partial charge in [0.1, 0.15) is 0 Å². The molecule has 0 bridgehead atoms. The van der Waals surface area contributed by atoms with Crippen molar-refractivity contribution < 1.29 is 23.9 Å². The predicted molar refractivity (Wildman–Crippen MR) is 59.7 cm³/mol. The molecule has 0 fully saturated rings. The number of carbonyl (C=O) groups excluding carboxylic acids is 1. The topological polar surface area (TPSA) is 87.9 Å². The van der Waals surface area contributed by atoms with Gasteiger partial charge in [0.05, 0.1) is 17.6 Å². The summed E-state index contributed by atoms with van der Waals surface area (Å²) in [5.74, 6) is 0.521. The molecule has 1 atom stereocenters. The molecule has 0 amide bonds. The lowest BCUT2D eigenvalue weighted by molar-refractivity contribution is -0.385. The van der Waals surface area contributed by atoms with Gasteiger partial charge in [-0.1, -0.05) is 6.92 Å². The molecule has 1 aliphatic heterocycles. The van der Waals surface area contributed by atoms with Crippen molar-refractivity contribution in [2.75, 3.05) is 13.4 Å². The van der Waals surface area contributed by atoms with Crippen molar-refractivity contribution in [2.45, 2.75) is 12.8 Å². The first-order valence-electron chi connectivity index (χ1n) is 5.26. The molecule has 0 aromatic heterocycles. The number of hydrogen-bond donors (Lipinski definition) is 0. The van der Waals surface area contributed by atoms with Crippen LogP contribution in [0.1, 0.15) is 18.4 Å². The molecule has 0 N–H and O–H groups in total. The van der Waals surface area contributed by atoms with Crippen LogP contribution < -0.4 is 9.47 Å². The zero-order chi connectivity index (χ0) is 13.1. The van der Waals surface area contributed by atoms with E-state index in [1.807, 2.05) is 0 Å². The Balaban J connectivity index is 2.37. The highest BCUT2D eigenvalue weighted by molar-refractivity contribution is 5.56. The van der Waals surface area contributed by atoms with E-state index in [-0.39, 0.29) is 25.0 Å². The average molecular weight is 253 g/mol. The minimum Gasteiger partial charge on any atom is -0.467 e. The van der Waals surface area contributed by atoms with Crippen molar-refractivity contribution in [3.8, 4) is 11.5 Å². The van der Waals surface area contributed by atoms with Crippen LogP contribution in [0.25, 0.3) is 0 Å². The molecule has 1 aromatic rings. The number of nitro benzene ring substituents is 1. The monoisotopic (exact) mass is 253 g/mol. The van der Waals surface area contributed by atoms with Crippen LogP contribution >= 0.6 is 0 Å². The molecule has 18 heavy (non-hydrogen) atoms. The molecule has 1 heterocycles. The Morgan fingerprint density at radius 2 is 2.17 bits per heavy atom. The molecular formula is C11H11NO6. The fourth-order valence-electron chi connectivity index (χ4n) is 1.77. The highest BCUT2D eigenvalue weighted by Gasteiger charge is 2.26. The van der Waals surface area contributed by atoms with Gasteiger partial charge >= 0.3 is 0 Å². The maximum atomic E-state index is 11.0. The van der Waals surface area contributed by atoms with Gasteiger partial charge in [-0.05, 0) is 6.07 Å². The van der Waals surface area contributed by atoms with Crippen LogP contribution in [0.3, 0.4) is 0 Å². The van der Waals surface area contributed by atoms with Crippen molar-refractivity contribution >= 4 is 12.2 Å².